The standard InChI is InChI=1S/C17H13NO2/c19-16-12-14(11-13-7-3-1-4-8-13)17(20)18(16)15-9-5-2-6-10-15/h1-11H,12H2. The second-order valence-electron chi connectivity index (χ2n) is 4.63. The number of hydrogen-bond donors (Lipinski definition) is 0. The van der Waals surface area contributed by atoms with Gasteiger partial charge < -0.3 is 0 Å². The van der Waals surface area contributed by atoms with Crippen LogP contribution in [0.25, 0.3) is 6.08 Å². The highest BCUT2D eigenvalue weighted by Gasteiger charge is 2.34. The highest BCUT2D eigenvalue weighted by Crippen LogP contribution is 2.26. The van der Waals surface area contributed by atoms with Gasteiger partial charge in [-0.25, -0.2) is 4.90 Å². The van der Waals surface area contributed by atoms with Crippen molar-refractivity contribution in [2.24, 2.45) is 0 Å². The van der Waals surface area contributed by atoms with Crippen molar-refractivity contribution in [3.63, 3.8) is 0 Å². The van der Waals surface area contributed by atoms with E-state index in [1.165, 1.54) is 4.90 Å². The van der Waals surface area contributed by atoms with Crippen molar-refractivity contribution in [2.45, 2.75) is 6.42 Å². The van der Waals surface area contributed by atoms with E-state index >= 15 is 0 Å². The molecular formula is C17H13NO2. The van der Waals surface area contributed by atoms with Gasteiger partial charge in [0, 0.05) is 5.57 Å². The number of rotatable bonds is 2. The molecule has 3 heteroatoms. The lowest BCUT2D eigenvalue weighted by atomic mass is 10.1. The van der Waals surface area contributed by atoms with Crippen molar-refractivity contribution < 1.29 is 9.59 Å². The van der Waals surface area contributed by atoms with Gasteiger partial charge in [-0.15, -0.1) is 0 Å². The van der Waals surface area contributed by atoms with Crippen LogP contribution in [-0.4, -0.2) is 11.8 Å². The van der Waals surface area contributed by atoms with Crippen LogP contribution >= 0.6 is 0 Å². The first-order valence-electron chi connectivity index (χ1n) is 6.43. The fourth-order valence-corrected chi connectivity index (χ4v) is 2.28. The maximum atomic E-state index is 12.4. The van der Waals surface area contributed by atoms with E-state index in [1.807, 2.05) is 48.5 Å². The van der Waals surface area contributed by atoms with Gasteiger partial charge in [0.05, 0.1) is 12.1 Å². The van der Waals surface area contributed by atoms with E-state index in [2.05, 4.69) is 0 Å². The molecule has 1 aliphatic rings. The summed E-state index contributed by atoms with van der Waals surface area (Å²) >= 11 is 0. The lowest BCUT2D eigenvalue weighted by Crippen LogP contribution is -2.28. The predicted molar refractivity (Wildman–Crippen MR) is 78.0 cm³/mol. The molecule has 0 spiro atoms. The lowest BCUT2D eigenvalue weighted by molar-refractivity contribution is -0.120. The summed E-state index contributed by atoms with van der Waals surface area (Å²) in [6.45, 7) is 0. The monoisotopic (exact) mass is 263 g/mol. The smallest absolute Gasteiger partial charge is 0.261 e. The van der Waals surface area contributed by atoms with E-state index < -0.39 is 0 Å². The number of anilines is 1. The van der Waals surface area contributed by atoms with Gasteiger partial charge in [0.2, 0.25) is 5.91 Å². The minimum Gasteiger partial charge on any atom is -0.274 e. The molecule has 1 heterocycles. The second-order valence-corrected chi connectivity index (χ2v) is 4.63. The minimum absolute atomic E-state index is 0.155. The number of benzene rings is 2. The number of amides is 2. The largest absolute Gasteiger partial charge is 0.274 e. The van der Waals surface area contributed by atoms with Crippen LogP contribution < -0.4 is 4.90 Å². The summed E-state index contributed by atoms with van der Waals surface area (Å²) < 4.78 is 0. The van der Waals surface area contributed by atoms with Crippen LogP contribution in [0.3, 0.4) is 0 Å². The first-order valence-corrected chi connectivity index (χ1v) is 6.43. The first kappa shape index (κ1) is 12.4. The second kappa shape index (κ2) is 5.13. The third-order valence-electron chi connectivity index (χ3n) is 3.22. The molecule has 2 amide bonds. The zero-order chi connectivity index (χ0) is 13.9. The summed E-state index contributed by atoms with van der Waals surface area (Å²) in [5.74, 6) is -0.409. The summed E-state index contributed by atoms with van der Waals surface area (Å²) in [6.07, 6.45) is 1.94. The van der Waals surface area contributed by atoms with Gasteiger partial charge in [0.25, 0.3) is 5.91 Å². The van der Waals surface area contributed by atoms with Crippen molar-refractivity contribution in [1.82, 2.24) is 0 Å². The van der Waals surface area contributed by atoms with Crippen LogP contribution in [0.2, 0.25) is 0 Å². The number of imide groups is 1. The zero-order valence-corrected chi connectivity index (χ0v) is 10.8. The molecule has 0 N–H and O–H groups in total. The summed E-state index contributed by atoms with van der Waals surface area (Å²) in [5, 5.41) is 0. The molecular weight excluding hydrogens is 250 g/mol. The van der Waals surface area contributed by atoms with E-state index in [0.717, 1.165) is 5.56 Å². The molecule has 3 nitrogen and oxygen atoms in total. The molecule has 0 saturated carbocycles. The molecule has 2 aromatic rings. The van der Waals surface area contributed by atoms with E-state index in [-0.39, 0.29) is 18.2 Å². The molecule has 98 valence electrons. The molecule has 1 saturated heterocycles. The highest BCUT2D eigenvalue weighted by atomic mass is 16.2. The SMILES string of the molecule is O=C1CC(=Cc2ccccc2)C(=O)N1c1ccccc1. The van der Waals surface area contributed by atoms with Crippen LogP contribution in [0.15, 0.2) is 66.2 Å². The fraction of sp³-hybridized carbons (Fsp3) is 0.0588. The number of hydrogen-bond acceptors (Lipinski definition) is 2. The van der Waals surface area contributed by atoms with Gasteiger partial charge in [0.15, 0.2) is 0 Å². The number of para-hydroxylation sites is 1. The molecule has 0 radical (unpaired) electrons. The number of carbonyl (C=O) groups is 2. The van der Waals surface area contributed by atoms with Crippen LogP contribution in [0.1, 0.15) is 12.0 Å². The first-order chi connectivity index (χ1) is 9.75. The summed E-state index contributed by atoms with van der Waals surface area (Å²) in [4.78, 5) is 25.7. The maximum Gasteiger partial charge on any atom is 0.261 e. The quantitative estimate of drug-likeness (QED) is 0.617. The number of nitrogens with zero attached hydrogens (tertiary/aromatic N) is 1. The van der Waals surface area contributed by atoms with Gasteiger partial charge in [0.1, 0.15) is 0 Å². The summed E-state index contributed by atoms with van der Waals surface area (Å²) in [6, 6.07) is 18.6. The predicted octanol–water partition coefficient (Wildman–Crippen LogP) is 3.03. The Kier molecular flexibility index (Phi) is 3.17. The van der Waals surface area contributed by atoms with Gasteiger partial charge in [-0.3, -0.25) is 9.59 Å². The van der Waals surface area contributed by atoms with Crippen LogP contribution in [-0.2, 0) is 9.59 Å². The molecule has 0 atom stereocenters. The van der Waals surface area contributed by atoms with Crippen LogP contribution in [0.5, 0.6) is 0 Å². The van der Waals surface area contributed by atoms with E-state index in [0.29, 0.717) is 11.3 Å². The van der Waals surface area contributed by atoms with Crippen molar-refractivity contribution in [3.05, 3.63) is 71.8 Å². The maximum absolute atomic E-state index is 12.4. The molecule has 0 aliphatic carbocycles. The Hall–Kier alpha value is -2.68. The fourth-order valence-electron chi connectivity index (χ4n) is 2.28. The van der Waals surface area contributed by atoms with Gasteiger partial charge >= 0.3 is 0 Å². The molecule has 0 unspecified atom stereocenters. The van der Waals surface area contributed by atoms with E-state index in [9.17, 15) is 9.59 Å². The third kappa shape index (κ3) is 2.26. The molecule has 20 heavy (non-hydrogen) atoms. The van der Waals surface area contributed by atoms with Crippen molar-refractivity contribution in [1.29, 1.82) is 0 Å². The molecule has 2 aromatic carbocycles. The molecule has 3 rings (SSSR count). The van der Waals surface area contributed by atoms with E-state index in [4.69, 9.17) is 0 Å². The van der Waals surface area contributed by atoms with E-state index in [1.54, 1.807) is 18.2 Å². The Bertz CT molecular complexity index is 675. The van der Waals surface area contributed by atoms with Crippen molar-refractivity contribution >= 4 is 23.6 Å². The van der Waals surface area contributed by atoms with Gasteiger partial charge in [-0.1, -0.05) is 48.5 Å². The van der Waals surface area contributed by atoms with Gasteiger partial charge in [-0.05, 0) is 23.8 Å². The Balaban J connectivity index is 1.93. The average Bonchev–Trinajstić information content (AvgIpc) is 2.75. The Labute approximate surface area is 117 Å². The Morgan fingerprint density at radius 3 is 2.10 bits per heavy atom. The minimum atomic E-state index is -0.231. The topological polar surface area (TPSA) is 37.4 Å². The molecule has 0 bridgehead atoms. The summed E-state index contributed by atoms with van der Waals surface area (Å²) in [5.41, 5.74) is 2.09. The molecule has 1 aliphatic heterocycles. The number of carbonyl (C=O) groups excluding carboxylic acids is 2. The zero-order valence-electron chi connectivity index (χ0n) is 10.8. The van der Waals surface area contributed by atoms with Crippen molar-refractivity contribution in [3.8, 4) is 0 Å². The normalized spacial score (nSPS) is 17.0. The summed E-state index contributed by atoms with van der Waals surface area (Å²) in [7, 11) is 0. The van der Waals surface area contributed by atoms with Gasteiger partial charge in [-0.2, -0.15) is 0 Å². The molecule has 0 aromatic heterocycles. The molecule has 1 fully saturated rings. The lowest BCUT2D eigenvalue weighted by Gasteiger charge is -2.12. The Morgan fingerprint density at radius 2 is 1.45 bits per heavy atom. The Morgan fingerprint density at radius 1 is 0.850 bits per heavy atom. The average molecular weight is 263 g/mol. The van der Waals surface area contributed by atoms with Crippen molar-refractivity contribution in [2.75, 3.05) is 4.90 Å². The van der Waals surface area contributed by atoms with Crippen LogP contribution in [0.4, 0.5) is 5.69 Å². The van der Waals surface area contributed by atoms with Crippen LogP contribution in [0, 0.1) is 0 Å². The highest BCUT2D eigenvalue weighted by molar-refractivity contribution is 6.29. The third-order valence-corrected chi connectivity index (χ3v) is 3.22.